The van der Waals surface area contributed by atoms with Gasteiger partial charge in [0.15, 0.2) is 0 Å². The van der Waals surface area contributed by atoms with Crippen LogP contribution < -0.4 is 0 Å². The molecule has 3 aliphatic carbocycles. The standard InChI is InChI=1S/C26H45NO5S/c1-6-26(4,24(28)31-5)18-25(2,3)20-14-16-21(17-15-20)33(29,30)32-27-23-13-9-11-19-10-7-8-12-22(19)23/h19-22H,6-18H2,1-5H3/b27-23+. The minimum Gasteiger partial charge on any atom is -0.469 e. The first kappa shape index (κ1) is 26.5. The molecule has 3 unspecified atom stereocenters. The molecule has 3 fully saturated rings. The molecule has 0 amide bonds. The summed E-state index contributed by atoms with van der Waals surface area (Å²) >= 11 is 0. The third kappa shape index (κ3) is 6.12. The minimum absolute atomic E-state index is 0.0765. The third-order valence-electron chi connectivity index (χ3n) is 9.10. The predicted octanol–water partition coefficient (Wildman–Crippen LogP) is 6.24. The lowest BCUT2D eigenvalue weighted by atomic mass is 9.63. The van der Waals surface area contributed by atoms with Crippen molar-refractivity contribution < 1.29 is 22.2 Å². The number of carbonyl (C=O) groups is 1. The van der Waals surface area contributed by atoms with Gasteiger partial charge in [0.25, 0.3) is 0 Å². The van der Waals surface area contributed by atoms with Gasteiger partial charge < -0.3 is 4.74 Å². The number of hydrogen-bond acceptors (Lipinski definition) is 6. The summed E-state index contributed by atoms with van der Waals surface area (Å²) in [7, 11) is -2.26. The molecule has 0 aromatic carbocycles. The topological polar surface area (TPSA) is 82.0 Å². The highest BCUT2D eigenvalue weighted by Crippen LogP contribution is 2.47. The van der Waals surface area contributed by atoms with Crippen LogP contribution in [0, 0.1) is 28.6 Å². The van der Waals surface area contributed by atoms with Crippen LogP contribution in [0.4, 0.5) is 0 Å². The molecule has 0 aliphatic heterocycles. The van der Waals surface area contributed by atoms with Gasteiger partial charge in [-0.05, 0) is 94.8 Å². The van der Waals surface area contributed by atoms with E-state index in [0.717, 1.165) is 50.7 Å². The smallest absolute Gasteiger partial charge is 0.331 e. The van der Waals surface area contributed by atoms with Crippen LogP contribution >= 0.6 is 0 Å². The van der Waals surface area contributed by atoms with Crippen LogP contribution in [-0.4, -0.2) is 32.5 Å². The fourth-order valence-corrected chi connectivity index (χ4v) is 8.04. The zero-order valence-electron chi connectivity index (χ0n) is 21.4. The van der Waals surface area contributed by atoms with Crippen molar-refractivity contribution in [2.45, 2.75) is 116 Å². The molecule has 0 heterocycles. The summed E-state index contributed by atoms with van der Waals surface area (Å²) in [5.41, 5.74) is 0.385. The third-order valence-corrected chi connectivity index (χ3v) is 10.7. The summed E-state index contributed by atoms with van der Waals surface area (Å²) in [5, 5.41) is 3.76. The van der Waals surface area contributed by atoms with Crippen molar-refractivity contribution >= 4 is 21.8 Å². The average molecular weight is 484 g/mol. The lowest BCUT2D eigenvalue weighted by molar-refractivity contribution is -0.154. The van der Waals surface area contributed by atoms with E-state index in [0.29, 0.717) is 30.6 Å². The normalized spacial score (nSPS) is 32.0. The molecule has 3 rings (SSSR count). The van der Waals surface area contributed by atoms with Gasteiger partial charge in [0.05, 0.1) is 23.5 Å². The maximum Gasteiger partial charge on any atom is 0.331 e. The Morgan fingerprint density at radius 3 is 2.27 bits per heavy atom. The van der Waals surface area contributed by atoms with Crippen LogP contribution in [0.5, 0.6) is 0 Å². The lowest BCUT2D eigenvalue weighted by Crippen LogP contribution is -2.39. The van der Waals surface area contributed by atoms with Gasteiger partial charge in [-0.2, -0.15) is 8.42 Å². The van der Waals surface area contributed by atoms with Crippen LogP contribution in [0.3, 0.4) is 0 Å². The Labute approximate surface area is 201 Å². The monoisotopic (exact) mass is 483 g/mol. The van der Waals surface area contributed by atoms with E-state index in [1.165, 1.54) is 32.8 Å². The van der Waals surface area contributed by atoms with Crippen LogP contribution in [0.15, 0.2) is 5.16 Å². The Hall–Kier alpha value is -1.11. The molecule has 7 heteroatoms. The molecule has 0 radical (unpaired) electrons. The highest BCUT2D eigenvalue weighted by molar-refractivity contribution is 7.87. The number of methoxy groups -OCH3 is 1. The number of oxime groups is 1. The van der Waals surface area contributed by atoms with Crippen molar-refractivity contribution in [1.29, 1.82) is 0 Å². The van der Waals surface area contributed by atoms with Crippen LogP contribution in [0.25, 0.3) is 0 Å². The summed E-state index contributed by atoms with van der Waals surface area (Å²) in [4.78, 5) is 12.4. The van der Waals surface area contributed by atoms with E-state index in [4.69, 9.17) is 9.02 Å². The number of carbonyl (C=O) groups excluding carboxylic acids is 1. The Kier molecular flexibility index (Phi) is 8.56. The largest absolute Gasteiger partial charge is 0.469 e. The van der Waals surface area contributed by atoms with Crippen molar-refractivity contribution in [2.24, 2.45) is 33.7 Å². The van der Waals surface area contributed by atoms with Crippen molar-refractivity contribution in [3.8, 4) is 0 Å². The molecule has 190 valence electrons. The van der Waals surface area contributed by atoms with Gasteiger partial charge >= 0.3 is 16.1 Å². The Morgan fingerprint density at radius 2 is 1.64 bits per heavy atom. The lowest BCUT2D eigenvalue weighted by Gasteiger charge is -2.43. The molecule has 6 nitrogen and oxygen atoms in total. The summed E-state index contributed by atoms with van der Waals surface area (Å²) in [6.45, 7) is 8.41. The summed E-state index contributed by atoms with van der Waals surface area (Å²) in [5.74, 6) is 1.29. The second-order valence-corrected chi connectivity index (χ2v) is 13.5. The maximum absolute atomic E-state index is 13.0. The molecule has 0 aromatic rings. The fourth-order valence-electron chi connectivity index (χ4n) is 6.87. The van der Waals surface area contributed by atoms with E-state index in [9.17, 15) is 13.2 Å². The first-order valence-corrected chi connectivity index (χ1v) is 14.6. The van der Waals surface area contributed by atoms with Crippen molar-refractivity contribution in [1.82, 2.24) is 0 Å². The average Bonchev–Trinajstić information content (AvgIpc) is 2.82. The maximum atomic E-state index is 13.0. The first-order valence-electron chi connectivity index (χ1n) is 13.1. The first-order chi connectivity index (χ1) is 15.5. The SMILES string of the molecule is CCC(C)(CC(C)(C)C1CCC(S(=O)(=O)O/N=C2\CCCC3CCCCC23)CC1)C(=O)OC. The molecule has 0 aromatic heterocycles. The minimum atomic E-state index is -3.71. The summed E-state index contributed by atoms with van der Waals surface area (Å²) in [6, 6.07) is 0. The van der Waals surface area contributed by atoms with Gasteiger partial charge in [0.1, 0.15) is 0 Å². The quantitative estimate of drug-likeness (QED) is 0.301. The zero-order chi connectivity index (χ0) is 24.3. The van der Waals surface area contributed by atoms with Gasteiger partial charge in [0.2, 0.25) is 0 Å². The zero-order valence-corrected chi connectivity index (χ0v) is 22.2. The van der Waals surface area contributed by atoms with Crippen LogP contribution in [0.1, 0.15) is 111 Å². The van der Waals surface area contributed by atoms with Crippen molar-refractivity contribution in [3.05, 3.63) is 0 Å². The van der Waals surface area contributed by atoms with E-state index in [2.05, 4.69) is 19.0 Å². The molecular formula is C26H45NO5S. The van der Waals surface area contributed by atoms with Crippen molar-refractivity contribution in [2.75, 3.05) is 7.11 Å². The van der Waals surface area contributed by atoms with Crippen molar-refractivity contribution in [3.63, 3.8) is 0 Å². The van der Waals surface area contributed by atoms with Gasteiger partial charge in [-0.15, -0.1) is 0 Å². The number of nitrogens with zero attached hydrogens (tertiary/aromatic N) is 1. The molecule has 3 saturated carbocycles. The van der Waals surface area contributed by atoms with Gasteiger partial charge in [0, 0.05) is 5.92 Å². The van der Waals surface area contributed by atoms with Gasteiger partial charge in [-0.1, -0.05) is 38.8 Å². The molecule has 0 spiro atoms. The molecule has 0 N–H and O–H groups in total. The van der Waals surface area contributed by atoms with E-state index < -0.39 is 20.8 Å². The highest BCUT2D eigenvalue weighted by Gasteiger charge is 2.44. The van der Waals surface area contributed by atoms with E-state index in [1.807, 2.05) is 13.8 Å². The number of fused-ring (bicyclic) bond motifs is 1. The molecule has 3 aliphatic rings. The number of hydrogen-bond donors (Lipinski definition) is 0. The summed E-state index contributed by atoms with van der Waals surface area (Å²) < 4.78 is 36.3. The van der Waals surface area contributed by atoms with Crippen LogP contribution in [0.2, 0.25) is 0 Å². The molecule has 33 heavy (non-hydrogen) atoms. The molecule has 0 bridgehead atoms. The second kappa shape index (κ2) is 10.7. The number of esters is 1. The Morgan fingerprint density at radius 1 is 1.00 bits per heavy atom. The number of rotatable bonds is 8. The van der Waals surface area contributed by atoms with Crippen LogP contribution in [-0.2, 0) is 23.9 Å². The fraction of sp³-hybridized carbons (Fsp3) is 0.923. The number of ether oxygens (including phenoxy) is 1. The van der Waals surface area contributed by atoms with Gasteiger partial charge in [-0.3, -0.25) is 9.08 Å². The van der Waals surface area contributed by atoms with E-state index in [-0.39, 0.29) is 11.4 Å². The second-order valence-electron chi connectivity index (χ2n) is 11.7. The Bertz CT molecular complexity index is 811. The summed E-state index contributed by atoms with van der Waals surface area (Å²) in [6.07, 6.45) is 12.3. The predicted molar refractivity (Wildman–Crippen MR) is 131 cm³/mol. The highest BCUT2D eigenvalue weighted by atomic mass is 32.2. The molecule has 3 atom stereocenters. The Balaban J connectivity index is 1.58. The van der Waals surface area contributed by atoms with Gasteiger partial charge in [-0.25, -0.2) is 0 Å². The molecular weight excluding hydrogens is 438 g/mol. The van der Waals surface area contributed by atoms with E-state index in [1.54, 1.807) is 0 Å². The molecule has 0 saturated heterocycles. The van der Waals surface area contributed by atoms with E-state index >= 15 is 0 Å².